The Hall–Kier alpha value is -1.90. The molecule has 98 valence electrons. The molecule has 2 nitrogen and oxygen atoms in total. The van der Waals surface area contributed by atoms with E-state index in [-0.39, 0.29) is 5.82 Å². The minimum absolute atomic E-state index is 0.283. The number of nitrogens with zero attached hydrogens (tertiary/aromatic N) is 1. The maximum absolute atomic E-state index is 13.3. The van der Waals surface area contributed by atoms with Crippen molar-refractivity contribution in [3.63, 3.8) is 0 Å². The van der Waals surface area contributed by atoms with Gasteiger partial charge >= 0.3 is 0 Å². The second kappa shape index (κ2) is 5.00. The van der Waals surface area contributed by atoms with Crippen LogP contribution in [0.2, 0.25) is 0 Å². The molecule has 0 unspecified atom stereocenters. The van der Waals surface area contributed by atoms with Crippen LogP contribution in [-0.2, 0) is 0 Å². The average Bonchev–Trinajstić information content (AvgIpc) is 3.24. The van der Waals surface area contributed by atoms with Crippen LogP contribution in [0.5, 0.6) is 5.75 Å². The van der Waals surface area contributed by atoms with Crippen LogP contribution in [0.3, 0.4) is 0 Å². The van der Waals surface area contributed by atoms with Crippen LogP contribution < -0.4 is 4.74 Å². The highest BCUT2D eigenvalue weighted by molar-refractivity contribution is 5.69. The van der Waals surface area contributed by atoms with E-state index in [1.165, 1.54) is 25.0 Å². The normalized spacial score (nSPS) is 14.4. The molecular weight excluding hydrogens is 241 g/mol. The molecule has 1 fully saturated rings. The van der Waals surface area contributed by atoms with Crippen LogP contribution in [0, 0.1) is 5.82 Å². The van der Waals surface area contributed by atoms with Gasteiger partial charge in [0.2, 0.25) is 0 Å². The van der Waals surface area contributed by atoms with Gasteiger partial charge in [-0.05, 0) is 38.0 Å². The van der Waals surface area contributed by atoms with Gasteiger partial charge in [0, 0.05) is 35.0 Å². The SMILES string of the molecule is CCOc1cc(F)ccc1-c1ccc(C2CC2)nc1. The van der Waals surface area contributed by atoms with Crippen molar-refractivity contribution in [3.8, 4) is 16.9 Å². The molecule has 1 aromatic carbocycles. The van der Waals surface area contributed by atoms with E-state index in [1.54, 1.807) is 6.07 Å². The van der Waals surface area contributed by atoms with Gasteiger partial charge in [-0.25, -0.2) is 4.39 Å². The summed E-state index contributed by atoms with van der Waals surface area (Å²) in [4.78, 5) is 4.49. The second-order valence-corrected chi connectivity index (χ2v) is 4.82. The Balaban J connectivity index is 1.95. The van der Waals surface area contributed by atoms with Gasteiger partial charge in [-0.1, -0.05) is 6.07 Å². The van der Waals surface area contributed by atoms with Crippen molar-refractivity contribution in [2.24, 2.45) is 0 Å². The van der Waals surface area contributed by atoms with Crippen LogP contribution in [-0.4, -0.2) is 11.6 Å². The number of hydrogen-bond acceptors (Lipinski definition) is 2. The molecule has 0 aliphatic heterocycles. The highest BCUT2D eigenvalue weighted by Gasteiger charge is 2.24. The lowest BCUT2D eigenvalue weighted by atomic mass is 10.1. The van der Waals surface area contributed by atoms with Gasteiger partial charge in [-0.3, -0.25) is 4.98 Å². The molecular formula is C16H16FNO. The van der Waals surface area contributed by atoms with Gasteiger partial charge in [0.25, 0.3) is 0 Å². The topological polar surface area (TPSA) is 22.1 Å². The first-order valence-corrected chi connectivity index (χ1v) is 6.66. The van der Waals surface area contributed by atoms with Crippen LogP contribution in [0.15, 0.2) is 36.5 Å². The van der Waals surface area contributed by atoms with E-state index in [2.05, 4.69) is 11.1 Å². The number of halogens is 1. The number of rotatable bonds is 4. The van der Waals surface area contributed by atoms with Crippen molar-refractivity contribution in [2.75, 3.05) is 6.61 Å². The quantitative estimate of drug-likeness (QED) is 0.820. The smallest absolute Gasteiger partial charge is 0.130 e. The minimum Gasteiger partial charge on any atom is -0.493 e. The summed E-state index contributed by atoms with van der Waals surface area (Å²) in [6.07, 6.45) is 4.34. The molecule has 1 aliphatic carbocycles. The second-order valence-electron chi connectivity index (χ2n) is 4.82. The van der Waals surface area contributed by atoms with Crippen molar-refractivity contribution in [2.45, 2.75) is 25.7 Å². The number of pyridine rings is 1. The molecule has 0 amide bonds. The van der Waals surface area contributed by atoms with Crippen molar-refractivity contribution in [1.29, 1.82) is 0 Å². The Morgan fingerprint density at radius 3 is 2.74 bits per heavy atom. The van der Waals surface area contributed by atoms with Gasteiger partial charge in [-0.2, -0.15) is 0 Å². The van der Waals surface area contributed by atoms with E-state index in [9.17, 15) is 4.39 Å². The zero-order valence-corrected chi connectivity index (χ0v) is 10.9. The van der Waals surface area contributed by atoms with E-state index < -0.39 is 0 Å². The Morgan fingerprint density at radius 2 is 2.11 bits per heavy atom. The predicted molar refractivity (Wildman–Crippen MR) is 72.8 cm³/mol. The van der Waals surface area contributed by atoms with E-state index in [0.717, 1.165) is 16.8 Å². The molecule has 19 heavy (non-hydrogen) atoms. The van der Waals surface area contributed by atoms with Gasteiger partial charge in [-0.15, -0.1) is 0 Å². The minimum atomic E-state index is -0.283. The zero-order valence-electron chi connectivity index (χ0n) is 10.9. The molecule has 0 radical (unpaired) electrons. The first kappa shape index (κ1) is 12.2. The Bertz CT molecular complexity index is 576. The molecule has 1 heterocycles. The van der Waals surface area contributed by atoms with E-state index in [0.29, 0.717) is 18.3 Å². The highest BCUT2D eigenvalue weighted by Crippen LogP contribution is 2.39. The fourth-order valence-electron chi connectivity index (χ4n) is 2.19. The lowest BCUT2D eigenvalue weighted by Crippen LogP contribution is -1.95. The third-order valence-electron chi connectivity index (χ3n) is 3.34. The predicted octanol–water partition coefficient (Wildman–Crippen LogP) is 4.16. The molecule has 1 saturated carbocycles. The van der Waals surface area contributed by atoms with Crippen LogP contribution in [0.1, 0.15) is 31.4 Å². The summed E-state index contributed by atoms with van der Waals surface area (Å²) in [6.45, 7) is 2.41. The number of aromatic nitrogens is 1. The monoisotopic (exact) mass is 257 g/mol. The largest absolute Gasteiger partial charge is 0.493 e. The molecule has 3 rings (SSSR count). The summed E-state index contributed by atoms with van der Waals surface area (Å²) in [5.74, 6) is 0.937. The number of ether oxygens (including phenoxy) is 1. The van der Waals surface area contributed by atoms with Crippen molar-refractivity contribution in [3.05, 3.63) is 48.0 Å². The van der Waals surface area contributed by atoms with E-state index in [4.69, 9.17) is 4.74 Å². The molecule has 0 saturated heterocycles. The number of benzene rings is 1. The third-order valence-corrected chi connectivity index (χ3v) is 3.34. The molecule has 0 bridgehead atoms. The molecule has 3 heteroatoms. The highest BCUT2D eigenvalue weighted by atomic mass is 19.1. The Labute approximate surface area is 112 Å². The maximum Gasteiger partial charge on any atom is 0.130 e. The zero-order chi connectivity index (χ0) is 13.2. The lowest BCUT2D eigenvalue weighted by molar-refractivity contribution is 0.339. The van der Waals surface area contributed by atoms with Crippen LogP contribution >= 0.6 is 0 Å². The average molecular weight is 257 g/mol. The first-order valence-electron chi connectivity index (χ1n) is 6.66. The summed E-state index contributed by atoms with van der Waals surface area (Å²) in [6, 6.07) is 8.72. The van der Waals surface area contributed by atoms with E-state index in [1.807, 2.05) is 19.2 Å². The van der Waals surface area contributed by atoms with Gasteiger partial charge < -0.3 is 4.74 Å². The maximum atomic E-state index is 13.3. The molecule has 0 atom stereocenters. The van der Waals surface area contributed by atoms with Gasteiger partial charge in [0.05, 0.1) is 6.61 Å². The molecule has 1 aromatic heterocycles. The fourth-order valence-corrected chi connectivity index (χ4v) is 2.19. The molecule has 1 aliphatic rings. The third kappa shape index (κ3) is 2.60. The van der Waals surface area contributed by atoms with Gasteiger partial charge in [0.15, 0.2) is 0 Å². The summed E-state index contributed by atoms with van der Waals surface area (Å²) >= 11 is 0. The lowest BCUT2D eigenvalue weighted by Gasteiger charge is -2.10. The molecule has 0 N–H and O–H groups in total. The number of hydrogen-bond donors (Lipinski definition) is 0. The summed E-state index contributed by atoms with van der Waals surface area (Å²) in [7, 11) is 0. The van der Waals surface area contributed by atoms with E-state index >= 15 is 0 Å². The Kier molecular flexibility index (Phi) is 3.20. The van der Waals surface area contributed by atoms with Crippen LogP contribution in [0.4, 0.5) is 4.39 Å². The summed E-state index contributed by atoms with van der Waals surface area (Å²) < 4.78 is 18.8. The standard InChI is InChI=1S/C16H16FNO/c1-2-19-16-9-13(17)6-7-14(16)12-5-8-15(18-10-12)11-3-4-11/h5-11H,2-4H2,1H3. The van der Waals surface area contributed by atoms with Crippen molar-refractivity contribution >= 4 is 0 Å². The summed E-state index contributed by atoms with van der Waals surface area (Å²) in [5, 5.41) is 0. The van der Waals surface area contributed by atoms with Crippen LogP contribution in [0.25, 0.3) is 11.1 Å². The van der Waals surface area contributed by atoms with Gasteiger partial charge in [0.1, 0.15) is 11.6 Å². The summed E-state index contributed by atoms with van der Waals surface area (Å²) in [5.41, 5.74) is 3.01. The molecule has 0 spiro atoms. The Morgan fingerprint density at radius 1 is 1.26 bits per heavy atom. The van der Waals surface area contributed by atoms with Crippen molar-refractivity contribution in [1.82, 2.24) is 4.98 Å². The molecule has 2 aromatic rings. The fraction of sp³-hybridized carbons (Fsp3) is 0.312. The first-order chi connectivity index (χ1) is 9.28. The van der Waals surface area contributed by atoms with Crippen molar-refractivity contribution < 1.29 is 9.13 Å².